The minimum Gasteiger partial charge on any atom is -0.351 e. The van der Waals surface area contributed by atoms with Crippen molar-refractivity contribution in [3.8, 4) is 0 Å². The monoisotopic (exact) mass is 372 g/mol. The van der Waals surface area contributed by atoms with E-state index in [9.17, 15) is 4.79 Å². The number of halogens is 1. The number of carbonyl (C=O) groups excluding carboxylic acids is 1. The van der Waals surface area contributed by atoms with Crippen LogP contribution in [0.2, 0.25) is 0 Å². The predicted molar refractivity (Wildman–Crippen MR) is 78.9 cm³/mol. The SMILES string of the molecule is CC(=O)N1CCN(c2ncnc3c(I)[nH]nc23)CC1. The molecule has 0 atom stereocenters. The number of nitrogens with one attached hydrogen (secondary N) is 1. The summed E-state index contributed by atoms with van der Waals surface area (Å²) in [6.07, 6.45) is 1.56. The molecule has 0 saturated carbocycles. The van der Waals surface area contributed by atoms with E-state index in [2.05, 4.69) is 47.7 Å². The van der Waals surface area contributed by atoms with Crippen molar-refractivity contribution in [2.75, 3.05) is 31.1 Å². The number of aromatic nitrogens is 4. The zero-order valence-electron chi connectivity index (χ0n) is 10.4. The molecule has 100 valence electrons. The van der Waals surface area contributed by atoms with E-state index < -0.39 is 0 Å². The van der Waals surface area contributed by atoms with Crippen LogP contribution < -0.4 is 4.90 Å². The molecule has 0 bridgehead atoms. The molecule has 1 aliphatic heterocycles. The van der Waals surface area contributed by atoms with Gasteiger partial charge in [-0.25, -0.2) is 9.97 Å². The minimum absolute atomic E-state index is 0.127. The lowest BCUT2D eigenvalue weighted by Crippen LogP contribution is -2.48. The summed E-state index contributed by atoms with van der Waals surface area (Å²) in [6.45, 7) is 4.60. The third kappa shape index (κ3) is 2.24. The molecule has 3 heterocycles. The van der Waals surface area contributed by atoms with E-state index >= 15 is 0 Å². The molecular formula is C11H13IN6O. The molecule has 1 fully saturated rings. The average Bonchev–Trinajstić information content (AvgIpc) is 2.81. The second-order valence-electron chi connectivity index (χ2n) is 4.43. The van der Waals surface area contributed by atoms with Crippen LogP contribution in [0.25, 0.3) is 11.0 Å². The van der Waals surface area contributed by atoms with Gasteiger partial charge in [0.1, 0.15) is 15.5 Å². The Balaban J connectivity index is 1.88. The van der Waals surface area contributed by atoms with E-state index in [0.29, 0.717) is 0 Å². The molecule has 0 spiro atoms. The first-order valence-corrected chi connectivity index (χ1v) is 7.09. The molecule has 1 aliphatic rings. The van der Waals surface area contributed by atoms with Crippen LogP contribution in [0.5, 0.6) is 0 Å². The zero-order valence-corrected chi connectivity index (χ0v) is 12.6. The second-order valence-corrected chi connectivity index (χ2v) is 5.50. The Morgan fingerprint density at radius 2 is 2.00 bits per heavy atom. The first kappa shape index (κ1) is 12.6. The van der Waals surface area contributed by atoms with Crippen LogP contribution >= 0.6 is 22.6 Å². The minimum atomic E-state index is 0.127. The highest BCUT2D eigenvalue weighted by atomic mass is 127. The van der Waals surface area contributed by atoms with Crippen molar-refractivity contribution in [2.45, 2.75) is 6.92 Å². The molecule has 7 nitrogen and oxygen atoms in total. The largest absolute Gasteiger partial charge is 0.351 e. The Morgan fingerprint density at radius 1 is 1.26 bits per heavy atom. The van der Waals surface area contributed by atoms with E-state index in [1.165, 1.54) is 0 Å². The van der Waals surface area contributed by atoms with Gasteiger partial charge in [0.2, 0.25) is 5.91 Å². The number of aromatic amines is 1. The lowest BCUT2D eigenvalue weighted by Gasteiger charge is -2.34. The van der Waals surface area contributed by atoms with Gasteiger partial charge in [0.05, 0.1) is 0 Å². The fraction of sp³-hybridized carbons (Fsp3) is 0.455. The van der Waals surface area contributed by atoms with Gasteiger partial charge in [-0.1, -0.05) is 0 Å². The quantitative estimate of drug-likeness (QED) is 0.743. The maximum absolute atomic E-state index is 11.3. The van der Waals surface area contributed by atoms with Crippen LogP contribution in [-0.4, -0.2) is 57.2 Å². The molecule has 8 heteroatoms. The Bertz CT molecular complexity index is 619. The summed E-state index contributed by atoms with van der Waals surface area (Å²) >= 11 is 2.17. The average molecular weight is 372 g/mol. The number of hydrogen-bond acceptors (Lipinski definition) is 5. The molecule has 0 unspecified atom stereocenters. The van der Waals surface area contributed by atoms with Crippen LogP contribution in [0.15, 0.2) is 6.33 Å². The molecule has 19 heavy (non-hydrogen) atoms. The highest BCUT2D eigenvalue weighted by Crippen LogP contribution is 2.24. The highest BCUT2D eigenvalue weighted by Gasteiger charge is 2.22. The van der Waals surface area contributed by atoms with Gasteiger partial charge in [-0.15, -0.1) is 0 Å². The summed E-state index contributed by atoms with van der Waals surface area (Å²) in [7, 11) is 0. The number of piperazine rings is 1. The van der Waals surface area contributed by atoms with Crippen LogP contribution in [0.1, 0.15) is 6.92 Å². The number of nitrogens with zero attached hydrogens (tertiary/aromatic N) is 5. The van der Waals surface area contributed by atoms with E-state index in [1.54, 1.807) is 13.3 Å². The second kappa shape index (κ2) is 4.91. The standard InChI is InChI=1S/C11H13IN6O/c1-7(19)17-2-4-18(5-3-17)11-9-8(13-6-14-11)10(12)16-15-9/h6H,2-5H2,1H3,(H,15,16). The molecule has 1 amide bonds. The molecule has 0 aliphatic carbocycles. The Morgan fingerprint density at radius 3 is 2.68 bits per heavy atom. The first-order chi connectivity index (χ1) is 9.16. The summed E-state index contributed by atoms with van der Waals surface area (Å²) in [5.41, 5.74) is 1.64. The maximum Gasteiger partial charge on any atom is 0.219 e. The van der Waals surface area contributed by atoms with Crippen molar-refractivity contribution in [3.05, 3.63) is 10.0 Å². The van der Waals surface area contributed by atoms with Gasteiger partial charge >= 0.3 is 0 Å². The Labute approximate surface area is 123 Å². The summed E-state index contributed by atoms with van der Waals surface area (Å²) in [5.74, 6) is 0.967. The normalized spacial score (nSPS) is 16.1. The van der Waals surface area contributed by atoms with Gasteiger partial charge in [0.25, 0.3) is 0 Å². The zero-order chi connectivity index (χ0) is 13.4. The highest BCUT2D eigenvalue weighted by molar-refractivity contribution is 14.1. The molecule has 3 rings (SSSR count). The predicted octanol–water partition coefficient (Wildman–Crippen LogP) is 0.626. The first-order valence-electron chi connectivity index (χ1n) is 6.02. The number of amides is 1. The lowest BCUT2D eigenvalue weighted by atomic mass is 10.3. The maximum atomic E-state index is 11.3. The van der Waals surface area contributed by atoms with Crippen LogP contribution in [0, 0.1) is 3.70 Å². The number of hydrogen-bond donors (Lipinski definition) is 1. The molecule has 1 N–H and O–H groups in total. The van der Waals surface area contributed by atoms with Gasteiger partial charge < -0.3 is 9.80 Å². The smallest absolute Gasteiger partial charge is 0.219 e. The number of rotatable bonds is 1. The van der Waals surface area contributed by atoms with Gasteiger partial charge in [-0.3, -0.25) is 9.89 Å². The third-order valence-corrected chi connectivity index (χ3v) is 4.05. The van der Waals surface area contributed by atoms with Crippen LogP contribution in [-0.2, 0) is 4.79 Å². The van der Waals surface area contributed by atoms with Crippen molar-refractivity contribution < 1.29 is 4.79 Å². The van der Waals surface area contributed by atoms with Gasteiger partial charge in [-0.2, -0.15) is 5.10 Å². The lowest BCUT2D eigenvalue weighted by molar-refractivity contribution is -0.129. The van der Waals surface area contributed by atoms with Crippen molar-refractivity contribution >= 4 is 45.3 Å². The number of fused-ring (bicyclic) bond motifs is 1. The summed E-state index contributed by atoms with van der Waals surface area (Å²) in [5, 5.41) is 7.19. The fourth-order valence-electron chi connectivity index (χ4n) is 2.26. The van der Waals surface area contributed by atoms with Gasteiger partial charge in [0, 0.05) is 33.1 Å². The topological polar surface area (TPSA) is 78.0 Å². The number of carbonyl (C=O) groups is 1. The summed E-state index contributed by atoms with van der Waals surface area (Å²) in [4.78, 5) is 23.9. The molecule has 1 saturated heterocycles. The molecular weight excluding hydrogens is 359 g/mol. The van der Waals surface area contributed by atoms with Crippen molar-refractivity contribution in [1.29, 1.82) is 0 Å². The van der Waals surface area contributed by atoms with Gasteiger partial charge in [0.15, 0.2) is 11.3 Å². The molecule has 0 radical (unpaired) electrons. The number of anilines is 1. The van der Waals surface area contributed by atoms with Crippen LogP contribution in [0.3, 0.4) is 0 Å². The van der Waals surface area contributed by atoms with Crippen molar-refractivity contribution in [3.63, 3.8) is 0 Å². The summed E-state index contributed by atoms with van der Waals surface area (Å²) in [6, 6.07) is 0. The van der Waals surface area contributed by atoms with E-state index in [4.69, 9.17) is 0 Å². The molecule has 0 aromatic carbocycles. The van der Waals surface area contributed by atoms with Crippen molar-refractivity contribution in [2.24, 2.45) is 0 Å². The number of H-pyrrole nitrogens is 1. The molecule has 2 aromatic heterocycles. The third-order valence-electron chi connectivity index (χ3n) is 3.30. The van der Waals surface area contributed by atoms with Crippen LogP contribution in [0.4, 0.5) is 5.82 Å². The van der Waals surface area contributed by atoms with E-state index in [0.717, 1.165) is 46.7 Å². The Hall–Kier alpha value is -1.45. The fourth-order valence-corrected chi connectivity index (χ4v) is 2.77. The van der Waals surface area contributed by atoms with Crippen molar-refractivity contribution in [1.82, 2.24) is 25.1 Å². The summed E-state index contributed by atoms with van der Waals surface area (Å²) < 4.78 is 0.915. The van der Waals surface area contributed by atoms with E-state index in [1.807, 2.05) is 4.90 Å². The Kier molecular flexibility index (Phi) is 3.25. The molecule has 2 aromatic rings. The van der Waals surface area contributed by atoms with Gasteiger partial charge in [-0.05, 0) is 22.6 Å². The van der Waals surface area contributed by atoms with E-state index in [-0.39, 0.29) is 5.91 Å².